The fraction of sp³-hybridized carbons (Fsp3) is 0.880. The second kappa shape index (κ2) is 13.8. The lowest BCUT2D eigenvalue weighted by Gasteiger charge is -2.37. The fourth-order valence-electron chi connectivity index (χ4n) is 4.58. The molecule has 0 aromatic carbocycles. The van der Waals surface area contributed by atoms with Crippen molar-refractivity contribution >= 4 is 34.3 Å². The molecule has 10 heteroatoms. The molecule has 0 heterocycles. The second-order valence-corrected chi connectivity index (χ2v) is 14.7. The van der Waals surface area contributed by atoms with Crippen LogP contribution in [0.3, 0.4) is 0 Å². The van der Waals surface area contributed by atoms with Crippen LogP contribution in [-0.4, -0.2) is 88.3 Å². The highest BCUT2D eigenvalue weighted by molar-refractivity contribution is 7.90. The topological polar surface area (TPSA) is 96.7 Å². The molecule has 0 radical (unpaired) electrons. The fourth-order valence-corrected chi connectivity index (χ4v) is 5.39. The molecule has 0 spiro atoms. The quantitative estimate of drug-likeness (QED) is 0.116. The maximum Gasteiger partial charge on any atom is 0.228 e. The van der Waals surface area contributed by atoms with Crippen molar-refractivity contribution in [3.05, 3.63) is 11.4 Å². The van der Waals surface area contributed by atoms with Crippen molar-refractivity contribution in [1.82, 2.24) is 10.6 Å². The van der Waals surface area contributed by atoms with E-state index in [1.807, 2.05) is 34.6 Å². The van der Waals surface area contributed by atoms with E-state index in [1.165, 1.54) is 6.26 Å². The molecule has 0 rings (SSSR count). The Balaban J connectivity index is 5.06. The zero-order chi connectivity index (χ0) is 27.6. The number of carbonyl (C=O) groups is 2. The number of sulfone groups is 1. The lowest BCUT2D eigenvalue weighted by molar-refractivity contribution is -0.890. The Morgan fingerprint density at radius 3 is 1.94 bits per heavy atom. The van der Waals surface area contributed by atoms with Gasteiger partial charge in [0, 0.05) is 57.9 Å². The third-order valence-corrected chi connectivity index (χ3v) is 7.59. The minimum Gasteiger partial charge on any atom is -0.356 e. The van der Waals surface area contributed by atoms with Gasteiger partial charge in [-0.3, -0.25) is 9.59 Å². The number of nitrogens with zero attached hydrogens (tertiary/aromatic N) is 2. The maximum atomic E-state index is 13.1. The third kappa shape index (κ3) is 14.1. The lowest BCUT2D eigenvalue weighted by Crippen LogP contribution is -2.49. The van der Waals surface area contributed by atoms with Gasteiger partial charge in [0.05, 0.1) is 38.4 Å². The molecule has 0 saturated heterocycles. The van der Waals surface area contributed by atoms with Crippen LogP contribution in [0.5, 0.6) is 0 Å². The minimum atomic E-state index is -2.96. The molecule has 0 saturated carbocycles. The summed E-state index contributed by atoms with van der Waals surface area (Å²) >= 11 is 4.19. The highest BCUT2D eigenvalue weighted by Crippen LogP contribution is 2.41. The van der Waals surface area contributed by atoms with Crippen LogP contribution < -0.4 is 10.6 Å². The van der Waals surface area contributed by atoms with Crippen LogP contribution in [0.2, 0.25) is 0 Å². The molecular formula is C25H49N4O4S2+. The zero-order valence-electron chi connectivity index (χ0n) is 23.2. The number of hydrogen-bond donors (Lipinski definition) is 3. The Kier molecular flexibility index (Phi) is 13.3. The van der Waals surface area contributed by atoms with E-state index >= 15 is 0 Å². The Labute approximate surface area is 219 Å². The Morgan fingerprint density at radius 1 is 0.914 bits per heavy atom. The second-order valence-electron chi connectivity index (χ2n) is 12.0. The smallest absolute Gasteiger partial charge is 0.228 e. The average molecular weight is 534 g/mol. The molecule has 1 unspecified atom stereocenters. The van der Waals surface area contributed by atoms with Crippen LogP contribution in [0, 0.1) is 17.4 Å². The van der Waals surface area contributed by atoms with E-state index in [9.17, 15) is 18.0 Å². The molecule has 1 atom stereocenters. The van der Waals surface area contributed by atoms with Gasteiger partial charge >= 0.3 is 0 Å². The lowest BCUT2D eigenvalue weighted by atomic mass is 9.67. The Bertz CT molecular complexity index is 848. The SMILES string of the molecule is [C-]#[N+]C(C)(C)CC(C)(CC(C)(C)C(=O)NCCC[N+](C)(C)CCCS(C)(=O)=O)C(=O)NCCCS. The van der Waals surface area contributed by atoms with Crippen LogP contribution in [-0.2, 0) is 19.4 Å². The van der Waals surface area contributed by atoms with Crippen molar-refractivity contribution in [3.63, 3.8) is 0 Å². The van der Waals surface area contributed by atoms with Crippen molar-refractivity contribution in [2.75, 3.05) is 58.0 Å². The molecule has 35 heavy (non-hydrogen) atoms. The van der Waals surface area contributed by atoms with Crippen LogP contribution >= 0.6 is 12.6 Å². The van der Waals surface area contributed by atoms with E-state index in [0.29, 0.717) is 42.6 Å². The van der Waals surface area contributed by atoms with Gasteiger partial charge in [0.2, 0.25) is 17.4 Å². The summed E-state index contributed by atoms with van der Waals surface area (Å²) in [7, 11) is 1.16. The van der Waals surface area contributed by atoms with Crippen LogP contribution in [0.15, 0.2) is 0 Å². The number of amides is 2. The van der Waals surface area contributed by atoms with Gasteiger partial charge in [-0.25, -0.2) is 15.0 Å². The predicted molar refractivity (Wildman–Crippen MR) is 147 cm³/mol. The van der Waals surface area contributed by atoms with E-state index in [4.69, 9.17) is 6.57 Å². The molecule has 204 valence electrons. The van der Waals surface area contributed by atoms with Gasteiger partial charge in [-0.2, -0.15) is 12.6 Å². The first-order valence-electron chi connectivity index (χ1n) is 12.4. The summed E-state index contributed by atoms with van der Waals surface area (Å²) in [6.45, 7) is 19.3. The van der Waals surface area contributed by atoms with E-state index in [-0.39, 0.29) is 17.6 Å². The Hall–Kier alpha value is -1.31. The summed E-state index contributed by atoms with van der Waals surface area (Å²) in [5, 5.41) is 5.98. The third-order valence-electron chi connectivity index (χ3n) is 6.25. The van der Waals surface area contributed by atoms with Gasteiger partial charge in [0.15, 0.2) is 0 Å². The first kappa shape index (κ1) is 33.7. The number of thiol groups is 1. The summed E-state index contributed by atoms with van der Waals surface area (Å²) in [5.74, 6) is 0.608. The first-order valence-corrected chi connectivity index (χ1v) is 15.0. The van der Waals surface area contributed by atoms with Gasteiger partial charge in [-0.1, -0.05) is 20.8 Å². The molecule has 2 N–H and O–H groups in total. The molecule has 0 aliphatic rings. The molecule has 0 aliphatic heterocycles. The average Bonchev–Trinajstić information content (AvgIpc) is 2.69. The monoisotopic (exact) mass is 533 g/mol. The van der Waals surface area contributed by atoms with Crippen LogP contribution in [0.4, 0.5) is 0 Å². The molecule has 0 aromatic rings. The van der Waals surface area contributed by atoms with Crippen LogP contribution in [0.1, 0.15) is 66.7 Å². The van der Waals surface area contributed by atoms with Crippen molar-refractivity contribution in [2.24, 2.45) is 10.8 Å². The number of rotatable bonds is 17. The summed E-state index contributed by atoms with van der Waals surface area (Å²) in [4.78, 5) is 29.9. The van der Waals surface area contributed by atoms with E-state index < -0.39 is 26.2 Å². The van der Waals surface area contributed by atoms with Crippen molar-refractivity contribution in [1.29, 1.82) is 0 Å². The van der Waals surface area contributed by atoms with Crippen molar-refractivity contribution in [2.45, 2.75) is 72.3 Å². The van der Waals surface area contributed by atoms with Gasteiger partial charge in [-0.15, -0.1) is 0 Å². The Morgan fingerprint density at radius 2 is 1.43 bits per heavy atom. The number of quaternary nitrogens is 1. The zero-order valence-corrected chi connectivity index (χ0v) is 24.9. The normalized spacial score (nSPS) is 14.6. The highest BCUT2D eigenvalue weighted by Gasteiger charge is 2.47. The van der Waals surface area contributed by atoms with E-state index in [0.717, 1.165) is 25.9 Å². The van der Waals surface area contributed by atoms with Gasteiger partial charge in [0.1, 0.15) is 9.84 Å². The molecule has 2 amide bonds. The molecule has 8 nitrogen and oxygen atoms in total. The molecule has 0 fully saturated rings. The highest BCUT2D eigenvalue weighted by atomic mass is 32.2. The molecular weight excluding hydrogens is 484 g/mol. The van der Waals surface area contributed by atoms with E-state index in [2.05, 4.69) is 42.2 Å². The largest absolute Gasteiger partial charge is 0.356 e. The summed E-state index contributed by atoms with van der Waals surface area (Å²) in [6, 6.07) is 0. The standard InChI is InChI=1S/C25H48N4O4S2/c1-23(2,19-25(5,20-24(3,4)26-6)22(31)28-14-11-17-34)21(30)27-13-10-15-29(7,8)16-12-18-35(9,32)33/h10-20H2,1-5,7-9H3,(H2-,27,28,30,31,34)/p+1. The summed E-state index contributed by atoms with van der Waals surface area (Å²) in [5.41, 5.74) is -2.39. The predicted octanol–water partition coefficient (Wildman–Crippen LogP) is 2.95. The maximum absolute atomic E-state index is 13.1. The molecule has 0 aromatic heterocycles. The van der Waals surface area contributed by atoms with Crippen LogP contribution in [0.25, 0.3) is 4.85 Å². The minimum absolute atomic E-state index is 0.116. The number of hydrogen-bond acceptors (Lipinski definition) is 5. The van der Waals surface area contributed by atoms with Gasteiger partial charge < -0.3 is 20.0 Å². The number of carbonyl (C=O) groups excluding carboxylic acids is 2. The van der Waals surface area contributed by atoms with Crippen molar-refractivity contribution in [3.8, 4) is 0 Å². The van der Waals surface area contributed by atoms with Gasteiger partial charge in [-0.05, 0) is 18.6 Å². The number of nitrogens with one attached hydrogen (secondary N) is 2. The summed E-state index contributed by atoms with van der Waals surface area (Å²) in [6.07, 6.45) is 4.06. The van der Waals surface area contributed by atoms with Crippen molar-refractivity contribution < 1.29 is 22.5 Å². The van der Waals surface area contributed by atoms with Gasteiger partial charge in [0.25, 0.3) is 0 Å². The van der Waals surface area contributed by atoms with E-state index in [1.54, 1.807) is 0 Å². The molecule has 0 bridgehead atoms. The molecule has 0 aliphatic carbocycles. The summed E-state index contributed by atoms with van der Waals surface area (Å²) < 4.78 is 23.4. The first-order chi connectivity index (χ1) is 15.8.